The molecule has 0 aliphatic heterocycles. The van der Waals surface area contributed by atoms with Gasteiger partial charge < -0.3 is 4.74 Å². The van der Waals surface area contributed by atoms with Crippen LogP contribution >= 0.6 is 15.9 Å². The van der Waals surface area contributed by atoms with Gasteiger partial charge in [-0.2, -0.15) is 0 Å². The first-order valence-corrected chi connectivity index (χ1v) is 7.46. The van der Waals surface area contributed by atoms with E-state index in [1.807, 2.05) is 4.72 Å². The molecule has 0 saturated heterocycles. The lowest BCUT2D eigenvalue weighted by Gasteiger charge is -2.10. The molecule has 0 aromatic heterocycles. The summed E-state index contributed by atoms with van der Waals surface area (Å²) in [6.07, 6.45) is 0.921. The molecule has 0 radical (unpaired) electrons. The van der Waals surface area contributed by atoms with Crippen molar-refractivity contribution >= 4 is 31.9 Å². The number of amides is 1. The number of nitrogens with one attached hydrogen (secondary N) is 1. The highest BCUT2D eigenvalue weighted by molar-refractivity contribution is 9.10. The summed E-state index contributed by atoms with van der Waals surface area (Å²) in [5.74, 6) is -0.369. The summed E-state index contributed by atoms with van der Waals surface area (Å²) < 4.78 is 29.8. The number of hydrogen-bond acceptors (Lipinski definition) is 4. The predicted molar refractivity (Wildman–Crippen MR) is 67.6 cm³/mol. The van der Waals surface area contributed by atoms with Crippen molar-refractivity contribution in [3.8, 4) is 5.75 Å². The summed E-state index contributed by atoms with van der Waals surface area (Å²) in [4.78, 5) is 11.7. The zero-order valence-corrected chi connectivity index (χ0v) is 11.8. The largest absolute Gasteiger partial charge is 0.493 e. The minimum Gasteiger partial charge on any atom is -0.493 e. The zero-order valence-electron chi connectivity index (χ0n) is 9.36. The molecule has 1 N–H and O–H groups in total. The number of rotatable bonds is 4. The van der Waals surface area contributed by atoms with E-state index < -0.39 is 15.9 Å². The monoisotopic (exact) mass is 321 g/mol. The smallest absolute Gasteiger partial charge is 0.268 e. The van der Waals surface area contributed by atoms with Crippen molar-refractivity contribution < 1.29 is 17.9 Å². The molecule has 0 aliphatic rings. The van der Waals surface area contributed by atoms with E-state index in [0.717, 1.165) is 10.7 Å². The lowest BCUT2D eigenvalue weighted by atomic mass is 10.2. The van der Waals surface area contributed by atoms with Crippen LogP contribution in [0.25, 0.3) is 0 Å². The van der Waals surface area contributed by atoms with Crippen molar-refractivity contribution in [2.45, 2.75) is 6.92 Å². The van der Waals surface area contributed by atoms with E-state index in [4.69, 9.17) is 4.74 Å². The topological polar surface area (TPSA) is 72.5 Å². The third-order valence-electron chi connectivity index (χ3n) is 1.77. The minimum atomic E-state index is -3.58. The average molecular weight is 322 g/mol. The van der Waals surface area contributed by atoms with Crippen molar-refractivity contribution in [2.75, 3.05) is 12.9 Å². The fourth-order valence-corrected chi connectivity index (χ4v) is 1.97. The van der Waals surface area contributed by atoms with E-state index in [1.54, 1.807) is 19.1 Å². The van der Waals surface area contributed by atoms with E-state index in [-0.39, 0.29) is 5.56 Å². The van der Waals surface area contributed by atoms with Gasteiger partial charge in [0.2, 0.25) is 10.0 Å². The number of carbonyl (C=O) groups excluding carboxylic acids is 1. The Hall–Kier alpha value is -1.08. The molecule has 1 rings (SSSR count). The Kier molecular flexibility index (Phi) is 4.53. The number of benzene rings is 1. The summed E-state index contributed by atoms with van der Waals surface area (Å²) in [5, 5.41) is 0. The molecule has 1 amide bonds. The summed E-state index contributed by atoms with van der Waals surface area (Å²) in [6, 6.07) is 4.75. The highest BCUT2D eigenvalue weighted by atomic mass is 79.9. The van der Waals surface area contributed by atoms with Gasteiger partial charge in [-0.25, -0.2) is 13.1 Å². The van der Waals surface area contributed by atoms with Gasteiger partial charge in [-0.3, -0.25) is 4.79 Å². The molecule has 1 aromatic carbocycles. The SMILES string of the molecule is CCOc1cc(Br)ccc1C(=O)NS(C)(=O)=O. The summed E-state index contributed by atoms with van der Waals surface area (Å²) in [5.41, 5.74) is 0.181. The summed E-state index contributed by atoms with van der Waals surface area (Å²) >= 11 is 3.25. The molecule has 7 heteroatoms. The number of carbonyl (C=O) groups is 1. The van der Waals surface area contributed by atoms with E-state index in [1.165, 1.54) is 6.07 Å². The molecule has 0 spiro atoms. The van der Waals surface area contributed by atoms with Crippen LogP contribution < -0.4 is 9.46 Å². The Morgan fingerprint density at radius 1 is 1.47 bits per heavy atom. The first-order chi connectivity index (χ1) is 7.83. The standard InChI is InChI=1S/C10H12BrNO4S/c1-3-16-9-6-7(11)4-5-8(9)10(13)12-17(2,14)15/h4-6H,3H2,1-2H3,(H,12,13). The molecule has 0 atom stereocenters. The molecular formula is C10H12BrNO4S. The Morgan fingerprint density at radius 3 is 2.65 bits per heavy atom. The maximum Gasteiger partial charge on any atom is 0.268 e. The van der Waals surface area contributed by atoms with E-state index in [0.29, 0.717) is 12.4 Å². The molecule has 1 aromatic rings. The molecule has 17 heavy (non-hydrogen) atoms. The van der Waals surface area contributed by atoms with Crippen LogP contribution in [-0.4, -0.2) is 27.2 Å². The second-order valence-corrected chi connectivity index (χ2v) is 5.94. The maximum absolute atomic E-state index is 11.7. The first-order valence-electron chi connectivity index (χ1n) is 4.78. The minimum absolute atomic E-state index is 0.181. The quantitative estimate of drug-likeness (QED) is 0.913. The third-order valence-corrected chi connectivity index (χ3v) is 2.82. The van der Waals surface area contributed by atoms with Gasteiger partial charge in [0.15, 0.2) is 0 Å². The van der Waals surface area contributed by atoms with Crippen LogP contribution in [0.2, 0.25) is 0 Å². The van der Waals surface area contributed by atoms with Gasteiger partial charge >= 0.3 is 0 Å². The second kappa shape index (κ2) is 5.50. The molecule has 0 aliphatic carbocycles. The Morgan fingerprint density at radius 2 is 2.12 bits per heavy atom. The van der Waals surface area contributed by atoms with Gasteiger partial charge in [-0.1, -0.05) is 15.9 Å². The van der Waals surface area contributed by atoms with Gasteiger partial charge in [0, 0.05) is 4.47 Å². The van der Waals surface area contributed by atoms with Crippen molar-refractivity contribution in [1.82, 2.24) is 4.72 Å². The van der Waals surface area contributed by atoms with Crippen LogP contribution in [0.5, 0.6) is 5.75 Å². The summed E-state index contributed by atoms with van der Waals surface area (Å²) in [7, 11) is -3.58. The average Bonchev–Trinajstić information content (AvgIpc) is 2.15. The van der Waals surface area contributed by atoms with Gasteiger partial charge in [-0.05, 0) is 25.1 Å². The lowest BCUT2D eigenvalue weighted by molar-refractivity contribution is 0.0978. The van der Waals surface area contributed by atoms with Crippen molar-refractivity contribution in [2.24, 2.45) is 0 Å². The van der Waals surface area contributed by atoms with Crippen LogP contribution in [0.3, 0.4) is 0 Å². The molecular weight excluding hydrogens is 310 g/mol. The van der Waals surface area contributed by atoms with Gasteiger partial charge in [0.05, 0.1) is 18.4 Å². The molecule has 0 heterocycles. The highest BCUT2D eigenvalue weighted by Gasteiger charge is 2.16. The number of hydrogen-bond donors (Lipinski definition) is 1. The fraction of sp³-hybridized carbons (Fsp3) is 0.300. The predicted octanol–water partition coefficient (Wildman–Crippen LogP) is 1.54. The normalized spacial score (nSPS) is 11.0. The molecule has 0 fully saturated rings. The number of ether oxygens (including phenoxy) is 1. The van der Waals surface area contributed by atoms with Crippen LogP contribution in [0.15, 0.2) is 22.7 Å². The van der Waals surface area contributed by atoms with Crippen molar-refractivity contribution in [3.63, 3.8) is 0 Å². The fourth-order valence-electron chi connectivity index (χ4n) is 1.18. The highest BCUT2D eigenvalue weighted by Crippen LogP contribution is 2.23. The van der Waals surface area contributed by atoms with Crippen LogP contribution in [-0.2, 0) is 10.0 Å². The second-order valence-electron chi connectivity index (χ2n) is 3.28. The Balaban J connectivity index is 3.08. The van der Waals surface area contributed by atoms with E-state index in [2.05, 4.69) is 15.9 Å². The first kappa shape index (κ1) is 14.0. The summed E-state index contributed by atoms with van der Waals surface area (Å²) in [6.45, 7) is 2.16. The zero-order chi connectivity index (χ0) is 13.1. The van der Waals surface area contributed by atoms with E-state index >= 15 is 0 Å². The molecule has 5 nitrogen and oxygen atoms in total. The van der Waals surface area contributed by atoms with Crippen LogP contribution in [0.1, 0.15) is 17.3 Å². The lowest BCUT2D eigenvalue weighted by Crippen LogP contribution is -2.29. The van der Waals surface area contributed by atoms with Gasteiger partial charge in [0.25, 0.3) is 5.91 Å². The third kappa shape index (κ3) is 4.35. The van der Waals surface area contributed by atoms with Crippen LogP contribution in [0, 0.1) is 0 Å². The maximum atomic E-state index is 11.7. The van der Waals surface area contributed by atoms with Crippen molar-refractivity contribution in [3.05, 3.63) is 28.2 Å². The van der Waals surface area contributed by atoms with Crippen LogP contribution in [0.4, 0.5) is 0 Å². The molecule has 0 saturated carbocycles. The Labute approximate surface area is 108 Å². The van der Waals surface area contributed by atoms with Gasteiger partial charge in [-0.15, -0.1) is 0 Å². The number of halogens is 1. The number of sulfonamides is 1. The van der Waals surface area contributed by atoms with Crippen molar-refractivity contribution in [1.29, 1.82) is 0 Å². The molecule has 94 valence electrons. The molecule has 0 unspecified atom stereocenters. The molecule has 0 bridgehead atoms. The van der Waals surface area contributed by atoms with Gasteiger partial charge in [0.1, 0.15) is 5.75 Å². The Bertz CT molecular complexity index is 527. The van der Waals surface area contributed by atoms with E-state index in [9.17, 15) is 13.2 Å².